The van der Waals surface area contributed by atoms with Crippen LogP contribution in [0.15, 0.2) is 77.8 Å². The summed E-state index contributed by atoms with van der Waals surface area (Å²) in [5, 5.41) is 6.36. The van der Waals surface area contributed by atoms with Crippen molar-refractivity contribution in [1.29, 1.82) is 0 Å². The highest BCUT2D eigenvalue weighted by Gasteiger charge is 2.34. The van der Waals surface area contributed by atoms with Crippen LogP contribution < -0.4 is 31.7 Å². The second-order valence-electron chi connectivity index (χ2n) is 9.85. The Labute approximate surface area is 245 Å². The Morgan fingerprint density at radius 2 is 1.80 bits per heavy atom. The monoisotopic (exact) mass is 576 g/mol. The standard InChI is InChI=1S/C31H37ClN6O3/c1-3-35-28(39)19-26-30(34)38(20(2)33)27-15-14-24(18-25(27)29(37-26)21-10-12-23(32)13-11-21)41-17-7-16-36-31(40)22-8-5-4-6-9-22/h4-6,8-15,18,20,26,30H,3,7,16-17,19,33-34H2,1-2H3,(H,35,39)(H,36,40)/t20?,26-,30?/m0/s1. The molecule has 2 unspecified atom stereocenters. The van der Waals surface area contributed by atoms with Crippen LogP contribution in [0.4, 0.5) is 5.69 Å². The molecule has 9 nitrogen and oxygen atoms in total. The fraction of sp³-hybridized carbons (Fsp3) is 0.323. The number of rotatable bonds is 11. The molecule has 0 bridgehead atoms. The molecule has 3 aromatic rings. The van der Waals surface area contributed by atoms with Gasteiger partial charge in [-0.3, -0.25) is 14.6 Å². The summed E-state index contributed by atoms with van der Waals surface area (Å²) < 4.78 is 6.08. The number of nitrogens with zero attached hydrogens (tertiary/aromatic N) is 2. The number of ether oxygens (including phenoxy) is 1. The number of carbonyl (C=O) groups is 2. The lowest BCUT2D eigenvalue weighted by atomic mass is 9.99. The van der Waals surface area contributed by atoms with Crippen molar-refractivity contribution in [3.8, 4) is 5.75 Å². The Hall–Kier alpha value is -3.92. The first kappa shape index (κ1) is 30.0. The zero-order valence-corrected chi connectivity index (χ0v) is 24.1. The Morgan fingerprint density at radius 1 is 1.07 bits per heavy atom. The summed E-state index contributed by atoms with van der Waals surface area (Å²) in [5.41, 5.74) is 16.9. The van der Waals surface area contributed by atoms with Gasteiger partial charge < -0.3 is 31.7 Å². The van der Waals surface area contributed by atoms with Gasteiger partial charge in [-0.1, -0.05) is 41.9 Å². The van der Waals surface area contributed by atoms with Crippen molar-refractivity contribution < 1.29 is 14.3 Å². The highest BCUT2D eigenvalue weighted by atomic mass is 35.5. The summed E-state index contributed by atoms with van der Waals surface area (Å²) in [7, 11) is 0. The predicted octanol–water partition coefficient (Wildman–Crippen LogP) is 3.68. The molecule has 3 aromatic carbocycles. The third-order valence-corrected chi connectivity index (χ3v) is 7.00. The summed E-state index contributed by atoms with van der Waals surface area (Å²) >= 11 is 6.18. The maximum absolute atomic E-state index is 12.6. The lowest BCUT2D eigenvalue weighted by Crippen LogP contribution is -2.56. The quantitative estimate of drug-likeness (QED) is 0.257. The van der Waals surface area contributed by atoms with Crippen molar-refractivity contribution in [2.45, 2.75) is 45.1 Å². The van der Waals surface area contributed by atoms with Crippen molar-refractivity contribution in [1.82, 2.24) is 10.6 Å². The van der Waals surface area contributed by atoms with E-state index >= 15 is 0 Å². The third-order valence-electron chi connectivity index (χ3n) is 6.75. The van der Waals surface area contributed by atoms with Gasteiger partial charge in [0.05, 0.1) is 30.9 Å². The molecule has 0 radical (unpaired) electrons. The fourth-order valence-corrected chi connectivity index (χ4v) is 4.91. The maximum atomic E-state index is 12.6. The number of hydrogen-bond acceptors (Lipinski definition) is 7. The first-order valence-electron chi connectivity index (χ1n) is 13.8. The van der Waals surface area contributed by atoms with E-state index in [1.54, 1.807) is 24.3 Å². The molecule has 0 spiro atoms. The molecule has 1 aliphatic rings. The topological polar surface area (TPSA) is 135 Å². The minimum atomic E-state index is -0.638. The number of benzodiazepines with no additional fused rings is 1. The van der Waals surface area contributed by atoms with Crippen LogP contribution in [0.2, 0.25) is 5.02 Å². The summed E-state index contributed by atoms with van der Waals surface area (Å²) in [6.07, 6.45) is -0.345. The number of aliphatic imine (C=N–C) groups is 1. The number of nitrogens with one attached hydrogen (secondary N) is 2. The van der Waals surface area contributed by atoms with E-state index < -0.39 is 18.4 Å². The van der Waals surface area contributed by atoms with Crippen LogP contribution in [0.1, 0.15) is 48.2 Å². The molecule has 0 saturated carbocycles. The highest BCUT2D eigenvalue weighted by molar-refractivity contribution is 6.30. The molecule has 0 fully saturated rings. The van der Waals surface area contributed by atoms with Gasteiger partial charge in [0.25, 0.3) is 5.91 Å². The highest BCUT2D eigenvalue weighted by Crippen LogP contribution is 2.34. The molecule has 1 aliphatic heterocycles. The Morgan fingerprint density at radius 3 is 2.49 bits per heavy atom. The van der Waals surface area contributed by atoms with Gasteiger partial charge in [-0.15, -0.1) is 0 Å². The first-order valence-corrected chi connectivity index (χ1v) is 14.2. The average molecular weight is 577 g/mol. The average Bonchev–Trinajstić information content (AvgIpc) is 3.07. The number of halogens is 1. The van der Waals surface area contributed by atoms with E-state index in [1.807, 2.05) is 67.3 Å². The molecule has 4 rings (SSSR count). The van der Waals surface area contributed by atoms with Gasteiger partial charge >= 0.3 is 0 Å². The minimum absolute atomic E-state index is 0.112. The molecule has 41 heavy (non-hydrogen) atoms. The first-order chi connectivity index (χ1) is 19.8. The summed E-state index contributed by atoms with van der Waals surface area (Å²) in [4.78, 5) is 31.8. The van der Waals surface area contributed by atoms with Crippen LogP contribution in [0, 0.1) is 0 Å². The van der Waals surface area contributed by atoms with E-state index in [-0.39, 0.29) is 18.2 Å². The fourth-order valence-electron chi connectivity index (χ4n) is 4.79. The van der Waals surface area contributed by atoms with E-state index in [0.29, 0.717) is 48.2 Å². The second-order valence-corrected chi connectivity index (χ2v) is 10.3. The van der Waals surface area contributed by atoms with Crippen LogP contribution in [-0.4, -0.2) is 55.6 Å². The largest absolute Gasteiger partial charge is 0.494 e. The van der Waals surface area contributed by atoms with Gasteiger partial charge in [-0.25, -0.2) is 0 Å². The summed E-state index contributed by atoms with van der Waals surface area (Å²) in [5.74, 6) is 0.389. The smallest absolute Gasteiger partial charge is 0.251 e. The van der Waals surface area contributed by atoms with Crippen LogP contribution in [0.25, 0.3) is 0 Å². The molecule has 0 aliphatic carbocycles. The van der Waals surface area contributed by atoms with E-state index in [0.717, 1.165) is 16.8 Å². The van der Waals surface area contributed by atoms with Crippen molar-refractivity contribution in [3.05, 3.63) is 94.5 Å². The molecule has 0 aromatic heterocycles. The molecule has 2 amide bonds. The molecular formula is C31H37ClN6O3. The Kier molecular flexibility index (Phi) is 10.3. The van der Waals surface area contributed by atoms with Crippen LogP contribution in [0.3, 0.4) is 0 Å². The lowest BCUT2D eigenvalue weighted by Gasteiger charge is -2.36. The number of benzene rings is 3. The van der Waals surface area contributed by atoms with Crippen LogP contribution >= 0.6 is 11.6 Å². The Balaban J connectivity index is 1.59. The van der Waals surface area contributed by atoms with Crippen molar-refractivity contribution in [2.24, 2.45) is 16.5 Å². The van der Waals surface area contributed by atoms with E-state index in [2.05, 4.69) is 10.6 Å². The zero-order chi connectivity index (χ0) is 29.4. The van der Waals surface area contributed by atoms with Gasteiger partial charge in [0.1, 0.15) is 11.9 Å². The summed E-state index contributed by atoms with van der Waals surface area (Å²) in [6.45, 7) is 5.12. The maximum Gasteiger partial charge on any atom is 0.251 e. The van der Waals surface area contributed by atoms with E-state index in [1.165, 1.54) is 0 Å². The number of fused-ring (bicyclic) bond motifs is 1. The van der Waals surface area contributed by atoms with E-state index in [9.17, 15) is 9.59 Å². The number of nitrogens with two attached hydrogens (primary N) is 2. The number of anilines is 1. The lowest BCUT2D eigenvalue weighted by molar-refractivity contribution is -0.121. The number of amides is 2. The SMILES string of the molecule is CCNC(=O)C[C@@H]1N=C(c2ccc(Cl)cc2)c2cc(OCCCNC(=O)c3ccccc3)ccc2N(C(C)N)C1N. The molecule has 3 atom stereocenters. The van der Waals surface area contributed by atoms with Gasteiger partial charge in [0.15, 0.2) is 0 Å². The van der Waals surface area contributed by atoms with Gasteiger partial charge in [0.2, 0.25) is 5.91 Å². The second kappa shape index (κ2) is 14.1. The van der Waals surface area contributed by atoms with Crippen LogP contribution in [0.5, 0.6) is 5.75 Å². The van der Waals surface area contributed by atoms with Crippen molar-refractivity contribution in [3.63, 3.8) is 0 Å². The zero-order valence-electron chi connectivity index (χ0n) is 23.3. The van der Waals surface area contributed by atoms with Gasteiger partial charge in [-0.05, 0) is 62.7 Å². The summed E-state index contributed by atoms with van der Waals surface area (Å²) in [6, 6.07) is 21.6. The molecule has 6 N–H and O–H groups in total. The molecule has 1 heterocycles. The predicted molar refractivity (Wildman–Crippen MR) is 164 cm³/mol. The molecule has 0 saturated heterocycles. The van der Waals surface area contributed by atoms with Crippen LogP contribution in [-0.2, 0) is 4.79 Å². The number of carbonyl (C=O) groups excluding carboxylic acids is 2. The minimum Gasteiger partial charge on any atom is -0.494 e. The Bertz CT molecular complexity index is 1360. The van der Waals surface area contributed by atoms with Gasteiger partial charge in [-0.2, -0.15) is 0 Å². The van der Waals surface area contributed by atoms with Crippen molar-refractivity contribution in [2.75, 3.05) is 24.6 Å². The van der Waals surface area contributed by atoms with Gasteiger partial charge in [0, 0.05) is 40.5 Å². The molecular weight excluding hydrogens is 540 g/mol. The third kappa shape index (κ3) is 7.64. The number of hydrogen-bond donors (Lipinski definition) is 4. The van der Waals surface area contributed by atoms with Crippen molar-refractivity contribution >= 4 is 34.8 Å². The molecule has 10 heteroatoms. The normalized spacial score (nSPS) is 17.1. The van der Waals surface area contributed by atoms with E-state index in [4.69, 9.17) is 32.8 Å². The molecule has 216 valence electrons.